The number of rotatable bonds is 2. The van der Waals surface area contributed by atoms with Gasteiger partial charge in [0.15, 0.2) is 5.71 Å². The lowest BCUT2D eigenvalue weighted by molar-refractivity contribution is -0.123. The molecule has 1 heterocycles. The van der Waals surface area contributed by atoms with Gasteiger partial charge in [0.2, 0.25) is 0 Å². The summed E-state index contributed by atoms with van der Waals surface area (Å²) in [5.41, 5.74) is -0.182. The molecule has 0 spiro atoms. The molecule has 2 N–H and O–H groups in total. The summed E-state index contributed by atoms with van der Waals surface area (Å²) in [6.07, 6.45) is 1.92. The van der Waals surface area contributed by atoms with Crippen LogP contribution in [-0.4, -0.2) is 45.7 Å². The van der Waals surface area contributed by atoms with Crippen molar-refractivity contribution in [3.05, 3.63) is 0 Å². The summed E-state index contributed by atoms with van der Waals surface area (Å²) in [5, 5.41) is 22.7. The Balaban J connectivity index is 2.75. The van der Waals surface area contributed by atoms with E-state index >= 15 is 0 Å². The molecule has 0 bridgehead atoms. The van der Waals surface area contributed by atoms with Gasteiger partial charge in [-0.15, -0.1) is 0 Å². The van der Waals surface area contributed by atoms with Gasteiger partial charge in [-0.05, 0) is 19.8 Å². The lowest BCUT2D eigenvalue weighted by Crippen LogP contribution is -2.37. The number of likely N-dealkylation sites (tertiary alicyclic amines) is 1. The maximum absolute atomic E-state index is 11.6. The summed E-state index contributed by atoms with van der Waals surface area (Å²) in [7, 11) is 0. The first-order chi connectivity index (χ1) is 6.70. The molecule has 1 aliphatic heterocycles. The van der Waals surface area contributed by atoms with Gasteiger partial charge in [-0.3, -0.25) is 4.79 Å². The predicted octanol–water partition coefficient (Wildman–Crippen LogP) is 0.289. The summed E-state index contributed by atoms with van der Waals surface area (Å²) in [6.45, 7) is 2.73. The van der Waals surface area contributed by atoms with E-state index in [2.05, 4.69) is 10.3 Å². The van der Waals surface area contributed by atoms with Crippen molar-refractivity contribution in [2.45, 2.75) is 19.8 Å². The highest BCUT2D eigenvalue weighted by atomic mass is 16.4. The van der Waals surface area contributed by atoms with Crippen molar-refractivity contribution in [2.75, 3.05) is 13.1 Å². The summed E-state index contributed by atoms with van der Waals surface area (Å²) >= 11 is 0. The van der Waals surface area contributed by atoms with Gasteiger partial charge < -0.3 is 15.3 Å². The van der Waals surface area contributed by atoms with Crippen molar-refractivity contribution in [1.82, 2.24) is 4.90 Å². The molecule has 0 aromatic rings. The van der Waals surface area contributed by atoms with Crippen molar-refractivity contribution in [2.24, 2.45) is 10.3 Å². The average molecular weight is 199 g/mol. The fraction of sp³-hybridized carbons (Fsp3) is 0.625. The van der Waals surface area contributed by atoms with E-state index in [1.165, 1.54) is 6.92 Å². The molecule has 1 aliphatic rings. The van der Waals surface area contributed by atoms with Crippen LogP contribution in [0.4, 0.5) is 0 Å². The summed E-state index contributed by atoms with van der Waals surface area (Å²) < 4.78 is 0. The Hall–Kier alpha value is -1.59. The van der Waals surface area contributed by atoms with Crippen LogP contribution in [0.3, 0.4) is 0 Å². The van der Waals surface area contributed by atoms with Crippen LogP contribution in [0.15, 0.2) is 10.3 Å². The van der Waals surface area contributed by atoms with E-state index in [-0.39, 0.29) is 17.3 Å². The van der Waals surface area contributed by atoms with Gasteiger partial charge in [0.1, 0.15) is 5.71 Å². The van der Waals surface area contributed by atoms with Crippen molar-refractivity contribution in [1.29, 1.82) is 0 Å². The quantitative estimate of drug-likeness (QED) is 0.380. The molecule has 0 aromatic heterocycles. The van der Waals surface area contributed by atoms with Crippen LogP contribution in [0.5, 0.6) is 0 Å². The molecule has 0 saturated carbocycles. The molecule has 0 aliphatic carbocycles. The zero-order chi connectivity index (χ0) is 10.6. The van der Waals surface area contributed by atoms with Gasteiger partial charge in [-0.2, -0.15) is 0 Å². The van der Waals surface area contributed by atoms with E-state index < -0.39 is 0 Å². The second kappa shape index (κ2) is 4.59. The highest BCUT2D eigenvalue weighted by Crippen LogP contribution is 2.08. The number of amides is 1. The average Bonchev–Trinajstić information content (AvgIpc) is 2.71. The first-order valence-corrected chi connectivity index (χ1v) is 4.41. The summed E-state index contributed by atoms with van der Waals surface area (Å²) in [4.78, 5) is 13.2. The Morgan fingerprint density at radius 1 is 1.21 bits per heavy atom. The van der Waals surface area contributed by atoms with Crippen LogP contribution in [0.2, 0.25) is 0 Å². The number of carbonyl (C=O) groups excluding carboxylic acids is 1. The Morgan fingerprint density at radius 2 is 1.79 bits per heavy atom. The molecule has 1 fully saturated rings. The number of oxime groups is 2. The molecule has 0 aromatic carbocycles. The first-order valence-electron chi connectivity index (χ1n) is 4.41. The van der Waals surface area contributed by atoms with Gasteiger partial charge in [-0.1, -0.05) is 10.3 Å². The molecular weight excluding hydrogens is 186 g/mol. The minimum Gasteiger partial charge on any atom is -0.411 e. The number of hydrogen-bond donors (Lipinski definition) is 2. The Kier molecular flexibility index (Phi) is 3.44. The minimum absolute atomic E-state index is 0.0180. The number of hydrogen-bond acceptors (Lipinski definition) is 5. The lowest BCUT2D eigenvalue weighted by atomic mass is 10.2. The summed E-state index contributed by atoms with van der Waals surface area (Å²) in [5.74, 6) is -0.389. The monoisotopic (exact) mass is 199 g/mol. The normalized spacial score (nSPS) is 18.8. The fourth-order valence-corrected chi connectivity index (χ4v) is 1.39. The molecule has 0 radical (unpaired) electrons. The highest BCUT2D eigenvalue weighted by Gasteiger charge is 2.25. The van der Waals surface area contributed by atoms with E-state index in [1.54, 1.807) is 4.90 Å². The van der Waals surface area contributed by atoms with Crippen LogP contribution < -0.4 is 0 Å². The van der Waals surface area contributed by atoms with Crippen molar-refractivity contribution in [3.63, 3.8) is 0 Å². The third kappa shape index (κ3) is 2.01. The van der Waals surface area contributed by atoms with Crippen molar-refractivity contribution < 1.29 is 15.2 Å². The molecule has 0 unspecified atom stereocenters. The van der Waals surface area contributed by atoms with E-state index in [0.717, 1.165) is 12.8 Å². The molecule has 6 heteroatoms. The molecule has 78 valence electrons. The van der Waals surface area contributed by atoms with Gasteiger partial charge in [0, 0.05) is 13.1 Å². The molecule has 1 amide bonds. The van der Waals surface area contributed by atoms with E-state index in [4.69, 9.17) is 10.4 Å². The lowest BCUT2D eigenvalue weighted by Gasteiger charge is -2.14. The largest absolute Gasteiger partial charge is 0.411 e. The molecule has 0 atom stereocenters. The fourth-order valence-electron chi connectivity index (χ4n) is 1.39. The maximum Gasteiger partial charge on any atom is 0.277 e. The summed E-state index contributed by atoms with van der Waals surface area (Å²) in [6, 6.07) is 0. The van der Waals surface area contributed by atoms with Gasteiger partial charge in [-0.25, -0.2) is 0 Å². The van der Waals surface area contributed by atoms with E-state index in [9.17, 15) is 4.79 Å². The third-order valence-electron chi connectivity index (χ3n) is 2.19. The van der Waals surface area contributed by atoms with Crippen LogP contribution in [0, 0.1) is 0 Å². The smallest absolute Gasteiger partial charge is 0.277 e. The zero-order valence-corrected chi connectivity index (χ0v) is 7.97. The second-order valence-corrected chi connectivity index (χ2v) is 3.13. The minimum atomic E-state index is -0.389. The molecule has 14 heavy (non-hydrogen) atoms. The molecule has 1 saturated heterocycles. The SMILES string of the molecule is CC(=N\O)/C(=N\O)C(=O)N1CCCC1. The van der Waals surface area contributed by atoms with Gasteiger partial charge in [0.05, 0.1) is 0 Å². The second-order valence-electron chi connectivity index (χ2n) is 3.13. The topological polar surface area (TPSA) is 85.5 Å². The van der Waals surface area contributed by atoms with Gasteiger partial charge >= 0.3 is 0 Å². The molecular formula is C8H13N3O3. The number of carbonyl (C=O) groups is 1. The predicted molar refractivity (Wildman–Crippen MR) is 49.9 cm³/mol. The maximum atomic E-state index is 11.6. The van der Waals surface area contributed by atoms with Crippen LogP contribution >= 0.6 is 0 Å². The van der Waals surface area contributed by atoms with Crippen LogP contribution in [-0.2, 0) is 4.79 Å². The van der Waals surface area contributed by atoms with E-state index in [0.29, 0.717) is 13.1 Å². The van der Waals surface area contributed by atoms with E-state index in [1.807, 2.05) is 0 Å². The Morgan fingerprint density at radius 3 is 2.21 bits per heavy atom. The Labute approximate surface area is 81.5 Å². The number of nitrogens with zero attached hydrogens (tertiary/aromatic N) is 3. The standard InChI is InChI=1S/C8H13N3O3/c1-6(9-13)7(10-14)8(12)11-4-2-3-5-11/h13-14H,2-5H2,1H3/b9-6+,10-7+. The zero-order valence-electron chi connectivity index (χ0n) is 7.97. The highest BCUT2D eigenvalue weighted by molar-refractivity contribution is 6.66. The van der Waals surface area contributed by atoms with Crippen LogP contribution in [0.25, 0.3) is 0 Å². The molecule has 6 nitrogen and oxygen atoms in total. The van der Waals surface area contributed by atoms with Crippen molar-refractivity contribution >= 4 is 17.3 Å². The first kappa shape index (κ1) is 10.5. The van der Waals surface area contributed by atoms with Gasteiger partial charge in [0.25, 0.3) is 5.91 Å². The van der Waals surface area contributed by atoms with Crippen molar-refractivity contribution in [3.8, 4) is 0 Å². The third-order valence-corrected chi connectivity index (χ3v) is 2.19. The Bertz CT molecular complexity index is 280. The molecule has 1 rings (SSSR count). The van der Waals surface area contributed by atoms with Crippen LogP contribution in [0.1, 0.15) is 19.8 Å².